The van der Waals surface area contributed by atoms with Crippen LogP contribution in [-0.4, -0.2) is 69.2 Å². The largest absolute Gasteiger partial charge is 0.507 e. The number of carbonyl (C=O) groups is 1. The van der Waals surface area contributed by atoms with Crippen LogP contribution in [0.1, 0.15) is 24.8 Å². The van der Waals surface area contributed by atoms with Gasteiger partial charge in [-0.1, -0.05) is 12.1 Å². The van der Waals surface area contributed by atoms with Gasteiger partial charge < -0.3 is 10.4 Å². The van der Waals surface area contributed by atoms with Crippen LogP contribution in [0.25, 0.3) is 0 Å². The summed E-state index contributed by atoms with van der Waals surface area (Å²) >= 11 is 3.43. The third kappa shape index (κ3) is 4.51. The van der Waals surface area contributed by atoms with Gasteiger partial charge in [-0.25, -0.2) is 0 Å². The Morgan fingerprint density at radius 2 is 2.17 bits per heavy atom. The van der Waals surface area contributed by atoms with Crippen molar-refractivity contribution < 1.29 is 9.90 Å². The second-order valence-electron chi connectivity index (χ2n) is 7.66. The number of aromatic hydroxyl groups is 1. The number of likely N-dealkylation sites (N-methyl/N-ethyl adjacent to an activating group) is 1. The highest BCUT2D eigenvalue weighted by atomic mass is 32.2. The predicted octanol–water partition coefficient (Wildman–Crippen LogP) is 2.71. The second-order valence-corrected chi connectivity index (χ2v) is 9.82. The molecule has 158 valence electrons. The van der Waals surface area contributed by atoms with E-state index in [-0.39, 0.29) is 34.8 Å². The molecular weight excluding hydrogens is 418 g/mol. The van der Waals surface area contributed by atoms with E-state index in [0.29, 0.717) is 19.4 Å². The summed E-state index contributed by atoms with van der Waals surface area (Å²) in [5.41, 5.74) is 0.410. The molecule has 4 rings (SSSR count). The Kier molecular flexibility index (Phi) is 6.37. The van der Waals surface area contributed by atoms with Crippen LogP contribution in [0.3, 0.4) is 0 Å². The summed E-state index contributed by atoms with van der Waals surface area (Å²) in [6.45, 7) is 0.547. The van der Waals surface area contributed by atoms with Gasteiger partial charge in [-0.15, -0.1) is 35.9 Å². The van der Waals surface area contributed by atoms with E-state index in [1.54, 1.807) is 29.6 Å². The fraction of sp³-hybridized carbons (Fsp3) is 0.524. The number of amides is 1. The molecule has 1 saturated heterocycles. The smallest absolute Gasteiger partial charge is 0.238 e. The summed E-state index contributed by atoms with van der Waals surface area (Å²) in [6.07, 6.45) is 7.41. The normalized spacial score (nSPS) is 26.9. The average molecular weight is 444 g/mol. The van der Waals surface area contributed by atoms with Crippen molar-refractivity contribution in [3.8, 4) is 18.1 Å². The number of para-hydroxylation sites is 1. The topological polar surface area (TPSA) is 89.6 Å². The van der Waals surface area contributed by atoms with Gasteiger partial charge in [0.05, 0.1) is 17.5 Å². The second kappa shape index (κ2) is 9.00. The molecule has 1 aromatic carbocycles. The third-order valence-electron chi connectivity index (χ3n) is 5.64. The number of hydrogen-bond donors (Lipinski definition) is 2. The lowest BCUT2D eigenvalue weighted by Gasteiger charge is -2.26. The van der Waals surface area contributed by atoms with Crippen LogP contribution in [-0.2, 0) is 4.79 Å². The molecule has 0 aromatic heterocycles. The number of nitrogens with zero attached hydrogens (tertiary/aromatic N) is 4. The first kappa shape index (κ1) is 21.2. The van der Waals surface area contributed by atoms with Crippen LogP contribution in [0.5, 0.6) is 5.75 Å². The summed E-state index contributed by atoms with van der Waals surface area (Å²) < 4.78 is 0. The van der Waals surface area contributed by atoms with Crippen LogP contribution in [0.15, 0.2) is 39.5 Å². The maximum absolute atomic E-state index is 12.7. The zero-order chi connectivity index (χ0) is 21.1. The molecule has 0 saturated carbocycles. The number of phenolic OH excluding ortho intramolecular Hbond substituents is 1. The van der Waals surface area contributed by atoms with E-state index in [4.69, 9.17) is 11.4 Å². The van der Waals surface area contributed by atoms with E-state index < -0.39 is 0 Å². The Bertz CT molecular complexity index is 907. The first-order valence-electron chi connectivity index (χ1n) is 10.0. The average Bonchev–Trinajstić information content (AvgIpc) is 3.15. The van der Waals surface area contributed by atoms with Gasteiger partial charge in [0.15, 0.2) is 5.66 Å². The van der Waals surface area contributed by atoms with E-state index in [1.165, 1.54) is 0 Å². The molecule has 3 aliphatic rings. The van der Waals surface area contributed by atoms with Crippen molar-refractivity contribution in [1.82, 2.24) is 10.2 Å². The highest BCUT2D eigenvalue weighted by molar-refractivity contribution is 8.14. The molecule has 0 unspecified atom stereocenters. The third-order valence-corrected chi connectivity index (χ3v) is 8.24. The zero-order valence-electron chi connectivity index (χ0n) is 16.8. The molecule has 3 aliphatic heterocycles. The fourth-order valence-electron chi connectivity index (χ4n) is 3.75. The van der Waals surface area contributed by atoms with Gasteiger partial charge >= 0.3 is 0 Å². The number of benzene rings is 1. The lowest BCUT2D eigenvalue weighted by molar-refractivity contribution is -0.125. The van der Waals surface area contributed by atoms with E-state index >= 15 is 0 Å². The summed E-state index contributed by atoms with van der Waals surface area (Å²) in [6, 6.07) is 7.20. The van der Waals surface area contributed by atoms with Gasteiger partial charge in [0.2, 0.25) is 5.91 Å². The Morgan fingerprint density at radius 1 is 1.37 bits per heavy atom. The maximum atomic E-state index is 12.7. The van der Waals surface area contributed by atoms with Crippen molar-refractivity contribution in [2.24, 2.45) is 15.2 Å². The number of terminal acetylenes is 1. The molecule has 3 atom stereocenters. The molecule has 7 nitrogen and oxygen atoms in total. The van der Waals surface area contributed by atoms with Crippen LogP contribution >= 0.6 is 23.5 Å². The standard InChI is InChI=1S/C21H25N5O2S2/c1-3-4-9-21(24-25-21)10-11-22-18(28)16-13-30-20(26(16)2)15-12-29-19(23-15)14-7-5-6-8-17(14)27/h1,5-8,15-16,20,27H,4,9-13H2,2H3,(H,22,28)/t15-,16+,20-/m0/s1. The Balaban J connectivity index is 1.30. The lowest BCUT2D eigenvalue weighted by Crippen LogP contribution is -2.47. The minimum atomic E-state index is -0.367. The van der Waals surface area contributed by atoms with E-state index in [9.17, 15) is 9.90 Å². The van der Waals surface area contributed by atoms with Crippen molar-refractivity contribution in [1.29, 1.82) is 0 Å². The van der Waals surface area contributed by atoms with Crippen molar-refractivity contribution >= 4 is 34.5 Å². The summed E-state index contributed by atoms with van der Waals surface area (Å²) in [4.78, 5) is 19.7. The van der Waals surface area contributed by atoms with Crippen molar-refractivity contribution in [2.75, 3.05) is 25.1 Å². The number of rotatable bonds is 8. The molecule has 0 aliphatic carbocycles. The van der Waals surface area contributed by atoms with E-state index in [0.717, 1.165) is 28.5 Å². The van der Waals surface area contributed by atoms with Gasteiger partial charge in [-0.2, -0.15) is 10.2 Å². The molecule has 1 fully saturated rings. The summed E-state index contributed by atoms with van der Waals surface area (Å²) in [5.74, 6) is 4.50. The number of carbonyl (C=O) groups excluding carboxylic acids is 1. The van der Waals surface area contributed by atoms with Gasteiger partial charge in [0, 0.05) is 42.9 Å². The molecule has 3 heterocycles. The number of thioether (sulfide) groups is 2. The van der Waals surface area contributed by atoms with Gasteiger partial charge in [-0.05, 0) is 19.2 Å². The van der Waals surface area contributed by atoms with Crippen molar-refractivity contribution in [3.63, 3.8) is 0 Å². The first-order valence-corrected chi connectivity index (χ1v) is 12.0. The molecule has 1 amide bonds. The zero-order valence-corrected chi connectivity index (χ0v) is 18.5. The van der Waals surface area contributed by atoms with E-state index in [2.05, 4.69) is 26.4 Å². The Labute approximate surface area is 185 Å². The summed E-state index contributed by atoms with van der Waals surface area (Å²) in [7, 11) is 1.99. The molecule has 0 bridgehead atoms. The van der Waals surface area contributed by atoms with Crippen molar-refractivity contribution in [2.45, 2.75) is 42.4 Å². The van der Waals surface area contributed by atoms with Gasteiger partial charge in [-0.3, -0.25) is 14.7 Å². The number of phenols is 1. The molecule has 1 aromatic rings. The highest BCUT2D eigenvalue weighted by Crippen LogP contribution is 2.38. The predicted molar refractivity (Wildman–Crippen MR) is 122 cm³/mol. The van der Waals surface area contributed by atoms with Crippen LogP contribution in [0, 0.1) is 12.3 Å². The number of hydrogen-bond acceptors (Lipinski definition) is 8. The molecule has 0 spiro atoms. The fourth-order valence-corrected chi connectivity index (χ4v) is 6.53. The maximum Gasteiger partial charge on any atom is 0.238 e. The molecule has 9 heteroatoms. The van der Waals surface area contributed by atoms with Crippen LogP contribution < -0.4 is 5.32 Å². The van der Waals surface area contributed by atoms with Crippen LogP contribution in [0.2, 0.25) is 0 Å². The Morgan fingerprint density at radius 3 is 2.90 bits per heavy atom. The molecule has 30 heavy (non-hydrogen) atoms. The van der Waals surface area contributed by atoms with E-state index in [1.807, 2.05) is 25.2 Å². The molecule has 0 radical (unpaired) electrons. The molecule has 2 N–H and O–H groups in total. The van der Waals surface area contributed by atoms with Gasteiger partial charge in [0.25, 0.3) is 0 Å². The van der Waals surface area contributed by atoms with Gasteiger partial charge in [0.1, 0.15) is 10.8 Å². The van der Waals surface area contributed by atoms with Crippen molar-refractivity contribution in [3.05, 3.63) is 29.8 Å². The molecular formula is C21H25N5O2S2. The first-order chi connectivity index (χ1) is 14.5. The lowest BCUT2D eigenvalue weighted by atomic mass is 10.0. The van der Waals surface area contributed by atoms with Crippen LogP contribution in [0.4, 0.5) is 0 Å². The monoisotopic (exact) mass is 443 g/mol. The quantitative estimate of drug-likeness (QED) is 0.603. The number of aliphatic imine (C=N–C) groups is 1. The number of nitrogens with one attached hydrogen (secondary N) is 1. The Hall–Kier alpha value is -2.02. The minimum Gasteiger partial charge on any atom is -0.507 e. The minimum absolute atomic E-state index is 0.0378. The summed E-state index contributed by atoms with van der Waals surface area (Å²) in [5, 5.41) is 22.4. The highest BCUT2D eigenvalue weighted by Gasteiger charge is 2.42. The SMILES string of the molecule is C#CCCC1(CCNC(=O)[C@H]2CS[C@@H]([C@@H]3CSC(c4ccccc4O)=N3)N2C)N=N1.